The van der Waals surface area contributed by atoms with E-state index in [0.29, 0.717) is 5.56 Å². The van der Waals surface area contributed by atoms with Gasteiger partial charge >= 0.3 is 5.97 Å². The first-order valence-corrected chi connectivity index (χ1v) is 5.35. The third-order valence-electron chi connectivity index (χ3n) is 2.03. The topological polar surface area (TPSA) is 52.1 Å². The Morgan fingerprint density at radius 3 is 2.12 bits per heavy atom. The van der Waals surface area contributed by atoms with Gasteiger partial charge in [-0.15, -0.1) is 10.2 Å². The van der Waals surface area contributed by atoms with Crippen molar-refractivity contribution in [1.29, 1.82) is 0 Å². The highest BCUT2D eigenvalue weighted by molar-refractivity contribution is 6.34. The minimum absolute atomic E-state index is 0.00109. The predicted molar refractivity (Wildman–Crippen MR) is 62.1 cm³/mol. The Kier molecular flexibility index (Phi) is 3.76. The minimum atomic E-state index is -0.563. The Hall–Kier alpha value is -0.870. The SMILES string of the molecule is COC(=O)c1c(Cl)nnc(Cl)c1C(C)(C)C. The maximum atomic E-state index is 11.6. The van der Waals surface area contributed by atoms with E-state index in [1.807, 2.05) is 20.8 Å². The molecule has 0 bridgehead atoms. The van der Waals surface area contributed by atoms with Crippen LogP contribution in [0.15, 0.2) is 0 Å². The van der Waals surface area contributed by atoms with Crippen LogP contribution in [-0.2, 0) is 10.2 Å². The zero-order valence-electron chi connectivity index (χ0n) is 9.47. The number of halogens is 2. The van der Waals surface area contributed by atoms with E-state index in [2.05, 4.69) is 14.9 Å². The molecular formula is C10H12Cl2N2O2. The molecule has 0 aromatic carbocycles. The Balaban J connectivity index is 3.56. The van der Waals surface area contributed by atoms with Crippen LogP contribution in [-0.4, -0.2) is 23.3 Å². The zero-order chi connectivity index (χ0) is 12.5. The van der Waals surface area contributed by atoms with Gasteiger partial charge in [-0.3, -0.25) is 0 Å². The summed E-state index contributed by atoms with van der Waals surface area (Å²) in [6, 6.07) is 0. The fourth-order valence-corrected chi connectivity index (χ4v) is 1.99. The molecule has 1 aromatic heterocycles. The lowest BCUT2D eigenvalue weighted by molar-refractivity contribution is 0.0597. The maximum absolute atomic E-state index is 11.6. The molecular weight excluding hydrogens is 251 g/mol. The van der Waals surface area contributed by atoms with Crippen molar-refractivity contribution in [2.24, 2.45) is 0 Å². The standard InChI is InChI=1S/C10H12Cl2N2O2/c1-10(2,3)6-5(9(15)16-4)7(11)13-14-8(6)12/h1-4H3. The molecule has 16 heavy (non-hydrogen) atoms. The summed E-state index contributed by atoms with van der Waals surface area (Å²) in [5, 5.41) is 7.47. The molecule has 0 amide bonds. The second-order valence-corrected chi connectivity index (χ2v) is 4.99. The number of hydrogen-bond acceptors (Lipinski definition) is 4. The maximum Gasteiger partial charge on any atom is 0.341 e. The van der Waals surface area contributed by atoms with Gasteiger partial charge in [0.2, 0.25) is 0 Å². The first-order valence-electron chi connectivity index (χ1n) is 4.59. The van der Waals surface area contributed by atoms with E-state index in [9.17, 15) is 4.79 Å². The van der Waals surface area contributed by atoms with Crippen molar-refractivity contribution < 1.29 is 9.53 Å². The Bertz CT molecular complexity index is 428. The highest BCUT2D eigenvalue weighted by Crippen LogP contribution is 2.33. The van der Waals surface area contributed by atoms with E-state index in [1.165, 1.54) is 7.11 Å². The van der Waals surface area contributed by atoms with Gasteiger partial charge in [0.25, 0.3) is 0 Å². The van der Waals surface area contributed by atoms with Crippen molar-refractivity contribution in [3.05, 3.63) is 21.4 Å². The van der Waals surface area contributed by atoms with Crippen LogP contribution < -0.4 is 0 Å². The molecule has 1 aromatic rings. The van der Waals surface area contributed by atoms with Crippen LogP contribution in [0.4, 0.5) is 0 Å². The highest BCUT2D eigenvalue weighted by atomic mass is 35.5. The molecule has 0 N–H and O–H groups in total. The molecule has 0 aliphatic heterocycles. The lowest BCUT2D eigenvalue weighted by Gasteiger charge is -2.22. The van der Waals surface area contributed by atoms with Gasteiger partial charge in [0, 0.05) is 5.56 Å². The van der Waals surface area contributed by atoms with Crippen LogP contribution in [0.1, 0.15) is 36.7 Å². The summed E-state index contributed by atoms with van der Waals surface area (Å²) in [5.74, 6) is -0.563. The van der Waals surface area contributed by atoms with Crippen molar-refractivity contribution in [3.8, 4) is 0 Å². The van der Waals surface area contributed by atoms with Crippen molar-refractivity contribution in [3.63, 3.8) is 0 Å². The lowest BCUT2D eigenvalue weighted by atomic mass is 9.85. The summed E-state index contributed by atoms with van der Waals surface area (Å²) in [6.07, 6.45) is 0. The summed E-state index contributed by atoms with van der Waals surface area (Å²) >= 11 is 11.8. The van der Waals surface area contributed by atoms with Gasteiger partial charge in [0.15, 0.2) is 10.3 Å². The van der Waals surface area contributed by atoms with Crippen molar-refractivity contribution in [2.75, 3.05) is 7.11 Å². The Morgan fingerprint density at radius 2 is 1.69 bits per heavy atom. The van der Waals surface area contributed by atoms with E-state index in [0.717, 1.165) is 0 Å². The van der Waals surface area contributed by atoms with Gasteiger partial charge in [-0.2, -0.15) is 0 Å². The van der Waals surface area contributed by atoms with Crippen molar-refractivity contribution in [1.82, 2.24) is 10.2 Å². The first-order chi connectivity index (χ1) is 7.29. The normalized spacial score (nSPS) is 11.4. The fraction of sp³-hybridized carbons (Fsp3) is 0.500. The molecule has 0 aliphatic rings. The second kappa shape index (κ2) is 4.55. The van der Waals surface area contributed by atoms with Crippen molar-refractivity contribution >= 4 is 29.2 Å². The van der Waals surface area contributed by atoms with Gasteiger partial charge < -0.3 is 4.74 Å². The largest absolute Gasteiger partial charge is 0.465 e. The average molecular weight is 263 g/mol. The molecule has 0 unspecified atom stereocenters. The van der Waals surface area contributed by atoms with Crippen LogP contribution >= 0.6 is 23.2 Å². The minimum Gasteiger partial charge on any atom is -0.465 e. The van der Waals surface area contributed by atoms with E-state index in [-0.39, 0.29) is 21.3 Å². The number of aromatic nitrogens is 2. The molecule has 1 heterocycles. The van der Waals surface area contributed by atoms with E-state index >= 15 is 0 Å². The van der Waals surface area contributed by atoms with Crippen molar-refractivity contribution in [2.45, 2.75) is 26.2 Å². The average Bonchev–Trinajstić information content (AvgIpc) is 2.18. The predicted octanol–water partition coefficient (Wildman–Crippen LogP) is 2.87. The molecule has 1 rings (SSSR count). The summed E-state index contributed by atoms with van der Waals surface area (Å²) < 4.78 is 4.66. The number of esters is 1. The molecule has 0 atom stereocenters. The number of carbonyl (C=O) groups is 1. The molecule has 0 aliphatic carbocycles. The van der Waals surface area contributed by atoms with Crippen LogP contribution in [0.3, 0.4) is 0 Å². The van der Waals surface area contributed by atoms with Crippen LogP contribution in [0.2, 0.25) is 10.3 Å². The third-order valence-corrected chi connectivity index (χ3v) is 2.56. The number of hydrogen-bond donors (Lipinski definition) is 0. The number of nitrogens with zero attached hydrogens (tertiary/aromatic N) is 2. The molecule has 0 saturated carbocycles. The number of ether oxygens (including phenoxy) is 1. The number of methoxy groups -OCH3 is 1. The monoisotopic (exact) mass is 262 g/mol. The zero-order valence-corrected chi connectivity index (χ0v) is 11.0. The van der Waals surface area contributed by atoms with Gasteiger partial charge in [-0.05, 0) is 5.41 Å². The molecule has 88 valence electrons. The van der Waals surface area contributed by atoms with E-state index in [4.69, 9.17) is 23.2 Å². The molecule has 6 heteroatoms. The third kappa shape index (κ3) is 2.44. The summed E-state index contributed by atoms with van der Waals surface area (Å²) in [4.78, 5) is 11.6. The fourth-order valence-electron chi connectivity index (χ4n) is 1.37. The van der Waals surface area contributed by atoms with E-state index in [1.54, 1.807) is 0 Å². The van der Waals surface area contributed by atoms with Crippen LogP contribution in [0.25, 0.3) is 0 Å². The summed E-state index contributed by atoms with van der Waals surface area (Å²) in [7, 11) is 1.28. The summed E-state index contributed by atoms with van der Waals surface area (Å²) in [6.45, 7) is 5.70. The first kappa shape index (κ1) is 13.2. The van der Waals surface area contributed by atoms with E-state index < -0.39 is 5.97 Å². The Labute approximate surface area is 104 Å². The molecule has 0 saturated heterocycles. The molecule has 0 spiro atoms. The van der Waals surface area contributed by atoms with Crippen LogP contribution in [0.5, 0.6) is 0 Å². The Morgan fingerprint density at radius 1 is 1.19 bits per heavy atom. The van der Waals surface area contributed by atoms with Gasteiger partial charge in [-0.25, -0.2) is 4.79 Å². The highest BCUT2D eigenvalue weighted by Gasteiger charge is 2.29. The lowest BCUT2D eigenvalue weighted by Crippen LogP contribution is -2.20. The molecule has 0 fully saturated rings. The molecule has 0 radical (unpaired) electrons. The summed E-state index contributed by atoms with van der Waals surface area (Å²) in [5.41, 5.74) is 0.345. The number of carbonyl (C=O) groups excluding carboxylic acids is 1. The smallest absolute Gasteiger partial charge is 0.341 e. The molecule has 4 nitrogen and oxygen atoms in total. The number of rotatable bonds is 1. The van der Waals surface area contributed by atoms with Gasteiger partial charge in [0.05, 0.1) is 7.11 Å². The van der Waals surface area contributed by atoms with Crippen LogP contribution in [0, 0.1) is 0 Å². The van der Waals surface area contributed by atoms with Gasteiger partial charge in [0.1, 0.15) is 5.56 Å². The van der Waals surface area contributed by atoms with Gasteiger partial charge in [-0.1, -0.05) is 44.0 Å². The quantitative estimate of drug-likeness (QED) is 0.731. The second-order valence-electron chi connectivity index (χ2n) is 4.27.